The number of pyridine rings is 1. The van der Waals surface area contributed by atoms with Gasteiger partial charge in [-0.25, -0.2) is 9.97 Å². The fourth-order valence-corrected chi connectivity index (χ4v) is 2.62. The van der Waals surface area contributed by atoms with E-state index in [4.69, 9.17) is 0 Å². The molecule has 0 unspecified atom stereocenters. The van der Waals surface area contributed by atoms with Crippen LogP contribution in [0.25, 0.3) is 0 Å². The van der Waals surface area contributed by atoms with Crippen LogP contribution in [-0.2, 0) is 12.7 Å². The number of halogens is 3. The number of anilines is 1. The van der Waals surface area contributed by atoms with E-state index in [1.165, 1.54) is 24.2 Å². The van der Waals surface area contributed by atoms with Gasteiger partial charge in [-0.1, -0.05) is 0 Å². The minimum Gasteiger partial charge on any atom is -0.347 e. The average Bonchev–Trinajstić information content (AvgIpc) is 2.86. The second kappa shape index (κ2) is 5.87. The summed E-state index contributed by atoms with van der Waals surface area (Å²) in [5.41, 5.74) is -0.542. The first-order chi connectivity index (χ1) is 10.2. The maximum atomic E-state index is 12.5. The molecule has 0 aromatic carbocycles. The van der Waals surface area contributed by atoms with Gasteiger partial charge in [-0.2, -0.15) is 13.2 Å². The van der Waals surface area contributed by atoms with Crippen LogP contribution in [-0.4, -0.2) is 21.9 Å². The van der Waals surface area contributed by atoms with Crippen LogP contribution in [0, 0.1) is 17.0 Å². The first-order valence-electron chi connectivity index (χ1n) is 6.02. The molecule has 2 rings (SSSR count). The van der Waals surface area contributed by atoms with Crippen molar-refractivity contribution in [1.29, 1.82) is 0 Å². The Hall–Kier alpha value is -2.23. The number of rotatable bonds is 4. The minimum absolute atomic E-state index is 0.00233. The first-order valence-corrected chi connectivity index (χ1v) is 6.90. The molecule has 2 heterocycles. The zero-order chi connectivity index (χ0) is 16.5. The van der Waals surface area contributed by atoms with Crippen LogP contribution in [0.2, 0.25) is 0 Å². The van der Waals surface area contributed by atoms with Gasteiger partial charge in [-0.05, 0) is 12.5 Å². The summed E-state index contributed by atoms with van der Waals surface area (Å²) in [4.78, 5) is 19.4. The zero-order valence-corrected chi connectivity index (χ0v) is 12.4. The van der Waals surface area contributed by atoms with Crippen molar-refractivity contribution in [2.45, 2.75) is 19.6 Å². The smallest absolute Gasteiger partial charge is 0.347 e. The second-order valence-electron chi connectivity index (χ2n) is 4.59. The molecule has 10 heteroatoms. The Morgan fingerprint density at radius 1 is 1.45 bits per heavy atom. The number of nitro groups is 1. The van der Waals surface area contributed by atoms with E-state index >= 15 is 0 Å². The van der Waals surface area contributed by atoms with Gasteiger partial charge in [-0.15, -0.1) is 11.3 Å². The summed E-state index contributed by atoms with van der Waals surface area (Å²) >= 11 is 0.846. The van der Waals surface area contributed by atoms with Crippen molar-refractivity contribution in [2.24, 2.45) is 0 Å². The van der Waals surface area contributed by atoms with Crippen molar-refractivity contribution in [3.8, 4) is 0 Å². The standard InChI is InChI=1S/C12H11F3N4O2S/c1-7-3-8(19(20)21)11(16-4-7)18(2)5-10-17-9(6-22-10)12(13,14)15/h3-4,6H,5H2,1-2H3. The van der Waals surface area contributed by atoms with E-state index in [1.807, 2.05) is 0 Å². The predicted octanol–water partition coefficient (Wildman–Crippen LogP) is 3.41. The molecular weight excluding hydrogens is 321 g/mol. The van der Waals surface area contributed by atoms with Crippen LogP contribution in [0.4, 0.5) is 24.7 Å². The Labute approximate surface area is 127 Å². The maximum Gasteiger partial charge on any atom is 0.434 e. The van der Waals surface area contributed by atoms with Gasteiger partial charge in [-0.3, -0.25) is 10.1 Å². The van der Waals surface area contributed by atoms with E-state index in [2.05, 4.69) is 9.97 Å². The molecule has 0 bridgehead atoms. The van der Waals surface area contributed by atoms with Crippen LogP contribution < -0.4 is 4.90 Å². The molecule has 22 heavy (non-hydrogen) atoms. The lowest BCUT2D eigenvalue weighted by Gasteiger charge is -2.16. The molecule has 2 aromatic heterocycles. The van der Waals surface area contributed by atoms with Crippen LogP contribution in [0.3, 0.4) is 0 Å². The second-order valence-corrected chi connectivity index (χ2v) is 5.54. The van der Waals surface area contributed by atoms with Gasteiger partial charge >= 0.3 is 11.9 Å². The van der Waals surface area contributed by atoms with Crippen molar-refractivity contribution in [3.05, 3.63) is 44.0 Å². The third-order valence-corrected chi connectivity index (χ3v) is 3.59. The van der Waals surface area contributed by atoms with Crippen LogP contribution >= 0.6 is 11.3 Å². The van der Waals surface area contributed by atoms with E-state index in [1.54, 1.807) is 6.92 Å². The molecule has 0 amide bonds. The Balaban J connectivity index is 2.24. The van der Waals surface area contributed by atoms with Gasteiger partial charge in [0.05, 0.1) is 11.5 Å². The Morgan fingerprint density at radius 3 is 2.68 bits per heavy atom. The van der Waals surface area contributed by atoms with E-state index in [0.717, 1.165) is 16.7 Å². The van der Waals surface area contributed by atoms with Crippen molar-refractivity contribution in [2.75, 3.05) is 11.9 Å². The molecule has 0 aliphatic heterocycles. The third kappa shape index (κ3) is 3.50. The number of thiazole rings is 1. The average molecular weight is 332 g/mol. The summed E-state index contributed by atoms with van der Waals surface area (Å²) in [5.74, 6) is 0.0827. The monoisotopic (exact) mass is 332 g/mol. The summed E-state index contributed by atoms with van der Waals surface area (Å²) in [7, 11) is 1.51. The largest absolute Gasteiger partial charge is 0.434 e. The van der Waals surface area contributed by atoms with Crippen LogP contribution in [0.5, 0.6) is 0 Å². The Kier molecular flexibility index (Phi) is 4.31. The van der Waals surface area contributed by atoms with Gasteiger partial charge in [0.2, 0.25) is 5.82 Å². The number of aromatic nitrogens is 2. The Morgan fingerprint density at radius 2 is 2.14 bits per heavy atom. The van der Waals surface area contributed by atoms with E-state index in [0.29, 0.717) is 5.56 Å². The molecule has 0 saturated heterocycles. The van der Waals surface area contributed by atoms with Gasteiger partial charge in [0.1, 0.15) is 5.01 Å². The number of nitrogens with zero attached hydrogens (tertiary/aromatic N) is 4. The summed E-state index contributed by atoms with van der Waals surface area (Å²) in [6, 6.07) is 1.36. The summed E-state index contributed by atoms with van der Waals surface area (Å²) in [5, 5.41) is 12.2. The predicted molar refractivity (Wildman–Crippen MR) is 74.9 cm³/mol. The highest BCUT2D eigenvalue weighted by molar-refractivity contribution is 7.09. The molecule has 0 N–H and O–H groups in total. The van der Waals surface area contributed by atoms with Crippen molar-refractivity contribution < 1.29 is 18.1 Å². The SMILES string of the molecule is Cc1cnc(N(C)Cc2nc(C(F)(F)F)cs2)c([N+](=O)[O-])c1. The molecule has 0 saturated carbocycles. The van der Waals surface area contributed by atoms with E-state index in [-0.39, 0.29) is 23.1 Å². The molecule has 118 valence electrons. The first kappa shape index (κ1) is 16.1. The van der Waals surface area contributed by atoms with Crippen molar-refractivity contribution in [1.82, 2.24) is 9.97 Å². The van der Waals surface area contributed by atoms with Gasteiger partial charge in [0.25, 0.3) is 0 Å². The number of hydrogen-bond donors (Lipinski definition) is 0. The summed E-state index contributed by atoms with van der Waals surface area (Å²) in [6.07, 6.45) is -3.04. The molecule has 0 atom stereocenters. The molecule has 0 fully saturated rings. The maximum absolute atomic E-state index is 12.5. The van der Waals surface area contributed by atoms with Gasteiger partial charge < -0.3 is 4.90 Å². The number of aryl methyl sites for hydroxylation is 1. The van der Waals surface area contributed by atoms with E-state index < -0.39 is 16.8 Å². The number of alkyl halides is 3. The zero-order valence-electron chi connectivity index (χ0n) is 11.6. The van der Waals surface area contributed by atoms with Crippen LogP contribution in [0.15, 0.2) is 17.6 Å². The highest BCUT2D eigenvalue weighted by atomic mass is 32.1. The fraction of sp³-hybridized carbons (Fsp3) is 0.333. The van der Waals surface area contributed by atoms with Crippen molar-refractivity contribution >= 4 is 22.8 Å². The summed E-state index contributed by atoms with van der Waals surface area (Å²) < 4.78 is 37.5. The molecule has 6 nitrogen and oxygen atoms in total. The topological polar surface area (TPSA) is 72.2 Å². The molecule has 0 aliphatic carbocycles. The molecule has 0 radical (unpaired) electrons. The lowest BCUT2D eigenvalue weighted by molar-refractivity contribution is -0.384. The molecular formula is C12H11F3N4O2S. The molecule has 0 aliphatic rings. The van der Waals surface area contributed by atoms with Crippen LogP contribution in [0.1, 0.15) is 16.3 Å². The molecule has 0 spiro atoms. The van der Waals surface area contributed by atoms with Crippen molar-refractivity contribution in [3.63, 3.8) is 0 Å². The van der Waals surface area contributed by atoms with Gasteiger partial charge in [0.15, 0.2) is 5.69 Å². The number of hydrogen-bond acceptors (Lipinski definition) is 6. The normalized spacial score (nSPS) is 11.5. The molecule has 2 aromatic rings. The minimum atomic E-state index is -4.50. The lowest BCUT2D eigenvalue weighted by Crippen LogP contribution is -2.19. The third-order valence-electron chi connectivity index (χ3n) is 2.76. The quantitative estimate of drug-likeness (QED) is 0.634. The summed E-state index contributed by atoms with van der Waals surface area (Å²) in [6.45, 7) is 1.66. The van der Waals surface area contributed by atoms with E-state index in [9.17, 15) is 23.3 Å². The highest BCUT2D eigenvalue weighted by Crippen LogP contribution is 2.31. The fourth-order valence-electron chi connectivity index (χ4n) is 1.77. The lowest BCUT2D eigenvalue weighted by atomic mass is 10.2. The van der Waals surface area contributed by atoms with Gasteiger partial charge in [0, 0.05) is 24.7 Å². The highest BCUT2D eigenvalue weighted by Gasteiger charge is 2.33. The Bertz CT molecular complexity index is 702.